The van der Waals surface area contributed by atoms with Gasteiger partial charge in [-0.05, 0) is 61.4 Å². The first kappa shape index (κ1) is 21.7. The van der Waals surface area contributed by atoms with E-state index in [9.17, 15) is 4.79 Å². The maximum atomic E-state index is 13.2. The number of pyridine rings is 1. The number of aryl methyl sites for hydroxylation is 2. The van der Waals surface area contributed by atoms with Gasteiger partial charge in [-0.2, -0.15) is 0 Å². The molecule has 1 aliphatic heterocycles. The van der Waals surface area contributed by atoms with Crippen LogP contribution in [0.5, 0.6) is 0 Å². The van der Waals surface area contributed by atoms with Crippen LogP contribution in [0, 0.1) is 13.8 Å². The molecule has 6 nitrogen and oxygen atoms in total. The topological polar surface area (TPSA) is 63.9 Å². The molecule has 0 N–H and O–H groups in total. The summed E-state index contributed by atoms with van der Waals surface area (Å²) in [5.74, 6) is 2.00. The molecule has 0 atom stereocenters. The van der Waals surface area contributed by atoms with Crippen molar-refractivity contribution in [1.82, 2.24) is 19.7 Å². The van der Waals surface area contributed by atoms with Crippen molar-refractivity contribution < 1.29 is 4.79 Å². The van der Waals surface area contributed by atoms with Crippen molar-refractivity contribution in [2.45, 2.75) is 23.9 Å². The Bertz CT molecular complexity index is 1310. The number of rotatable bonds is 5. The number of para-hydroxylation sites is 1. The van der Waals surface area contributed by atoms with E-state index in [2.05, 4.69) is 53.3 Å². The molecule has 166 valence electrons. The molecule has 0 bridgehead atoms. The van der Waals surface area contributed by atoms with E-state index in [1.165, 1.54) is 22.9 Å². The summed E-state index contributed by atoms with van der Waals surface area (Å²) in [5, 5.41) is 9.63. The predicted octanol–water partition coefficient (Wildman–Crippen LogP) is 5.18. The van der Waals surface area contributed by atoms with Crippen molar-refractivity contribution in [3.63, 3.8) is 0 Å². The van der Waals surface area contributed by atoms with Crippen molar-refractivity contribution in [2.24, 2.45) is 0 Å². The molecule has 2 aromatic heterocycles. The molecule has 0 unspecified atom stereocenters. The molecule has 4 aromatic rings. The lowest BCUT2D eigenvalue weighted by Gasteiger charge is -2.28. The summed E-state index contributed by atoms with van der Waals surface area (Å²) in [4.78, 5) is 20.3. The minimum atomic E-state index is 0.0767. The molecule has 33 heavy (non-hydrogen) atoms. The number of aromatic nitrogens is 4. The zero-order chi connectivity index (χ0) is 22.8. The van der Waals surface area contributed by atoms with Gasteiger partial charge in [-0.25, -0.2) is 0 Å². The molecule has 1 amide bonds. The van der Waals surface area contributed by atoms with Crippen molar-refractivity contribution in [3.8, 4) is 17.1 Å². The van der Waals surface area contributed by atoms with E-state index >= 15 is 0 Å². The Morgan fingerprint density at radius 3 is 2.67 bits per heavy atom. The zero-order valence-corrected chi connectivity index (χ0v) is 20.1. The highest BCUT2D eigenvalue weighted by molar-refractivity contribution is 8.00. The van der Waals surface area contributed by atoms with Gasteiger partial charge in [-0.1, -0.05) is 30.0 Å². The Morgan fingerprint density at radius 1 is 1.03 bits per heavy atom. The van der Waals surface area contributed by atoms with Crippen LogP contribution >= 0.6 is 23.5 Å². The molecule has 1 aliphatic rings. The molecule has 8 heteroatoms. The Labute approximate surface area is 201 Å². The highest BCUT2D eigenvalue weighted by Crippen LogP contribution is 2.35. The summed E-state index contributed by atoms with van der Waals surface area (Å²) in [6.07, 6.45) is 3.49. The lowest BCUT2D eigenvalue weighted by atomic mass is 10.1. The van der Waals surface area contributed by atoms with Crippen molar-refractivity contribution in [2.75, 3.05) is 23.0 Å². The fourth-order valence-electron chi connectivity index (χ4n) is 3.78. The van der Waals surface area contributed by atoms with E-state index in [-0.39, 0.29) is 5.91 Å². The summed E-state index contributed by atoms with van der Waals surface area (Å²) in [6, 6.07) is 18.2. The molecule has 0 saturated carbocycles. The number of carbonyl (C=O) groups excluding carboxylic acids is 1. The monoisotopic (exact) mass is 473 g/mol. The lowest BCUT2D eigenvalue weighted by Crippen LogP contribution is -2.36. The zero-order valence-electron chi connectivity index (χ0n) is 18.4. The Hall–Kier alpha value is -3.10. The van der Waals surface area contributed by atoms with Crippen molar-refractivity contribution in [3.05, 3.63) is 78.1 Å². The second kappa shape index (κ2) is 9.41. The average molecular weight is 474 g/mol. The predicted molar refractivity (Wildman–Crippen MR) is 134 cm³/mol. The van der Waals surface area contributed by atoms with E-state index < -0.39 is 0 Å². The molecular formula is C25H23N5OS2. The standard InChI is InChI=1S/C25H23N5OS2/c1-17-7-8-20(15-18(17)2)30-24(19-9-11-26-12-10-19)27-28-25(30)33-16-23(31)29-13-14-32-22-6-4-3-5-21(22)29/h3-12,15H,13-14,16H2,1-2H3. The van der Waals surface area contributed by atoms with Gasteiger partial charge >= 0.3 is 0 Å². The number of anilines is 1. The second-order valence-electron chi connectivity index (χ2n) is 7.80. The van der Waals surface area contributed by atoms with E-state index in [4.69, 9.17) is 0 Å². The highest BCUT2D eigenvalue weighted by Gasteiger charge is 2.24. The number of benzene rings is 2. The molecular weight excluding hydrogens is 450 g/mol. The minimum Gasteiger partial charge on any atom is -0.310 e. The van der Waals surface area contributed by atoms with Crippen LogP contribution in [0.2, 0.25) is 0 Å². The van der Waals surface area contributed by atoms with Crippen LogP contribution in [0.1, 0.15) is 11.1 Å². The summed E-state index contributed by atoms with van der Waals surface area (Å²) < 4.78 is 2.03. The lowest BCUT2D eigenvalue weighted by molar-refractivity contribution is -0.116. The maximum absolute atomic E-state index is 13.2. The third-order valence-corrected chi connectivity index (χ3v) is 7.63. The van der Waals surface area contributed by atoms with E-state index in [0.717, 1.165) is 33.4 Å². The number of thioether (sulfide) groups is 2. The minimum absolute atomic E-state index is 0.0767. The van der Waals surface area contributed by atoms with E-state index in [0.29, 0.717) is 17.5 Å². The van der Waals surface area contributed by atoms with Crippen LogP contribution in [-0.4, -0.2) is 43.7 Å². The first-order chi connectivity index (χ1) is 16.1. The Balaban J connectivity index is 1.46. The summed E-state index contributed by atoms with van der Waals surface area (Å²) in [5.41, 5.74) is 5.31. The molecule has 0 fully saturated rings. The normalized spacial score (nSPS) is 13.1. The fraction of sp³-hybridized carbons (Fsp3) is 0.200. The molecule has 0 aliphatic carbocycles. The molecule has 0 radical (unpaired) electrons. The van der Waals surface area contributed by atoms with Gasteiger partial charge < -0.3 is 4.90 Å². The van der Waals surface area contributed by atoms with E-state index in [1.54, 1.807) is 24.2 Å². The van der Waals surface area contributed by atoms with Crippen LogP contribution < -0.4 is 4.90 Å². The summed E-state index contributed by atoms with van der Waals surface area (Å²) >= 11 is 3.21. The van der Waals surface area contributed by atoms with Gasteiger partial charge in [-0.15, -0.1) is 22.0 Å². The molecule has 5 rings (SSSR count). The maximum Gasteiger partial charge on any atom is 0.237 e. The first-order valence-corrected chi connectivity index (χ1v) is 12.7. The largest absolute Gasteiger partial charge is 0.310 e. The number of hydrogen-bond acceptors (Lipinski definition) is 6. The number of nitrogens with zero attached hydrogens (tertiary/aromatic N) is 5. The third kappa shape index (κ3) is 4.41. The number of amides is 1. The van der Waals surface area contributed by atoms with Crippen LogP contribution in [0.3, 0.4) is 0 Å². The highest BCUT2D eigenvalue weighted by atomic mass is 32.2. The molecule has 3 heterocycles. The summed E-state index contributed by atoms with van der Waals surface area (Å²) in [7, 11) is 0. The van der Waals surface area contributed by atoms with Gasteiger partial charge in [0.25, 0.3) is 0 Å². The number of hydrogen-bond donors (Lipinski definition) is 0. The number of fused-ring (bicyclic) bond motifs is 1. The SMILES string of the molecule is Cc1ccc(-n2c(SCC(=O)N3CCSc4ccccc43)nnc2-c2ccncc2)cc1C. The molecule has 2 aromatic carbocycles. The van der Waals surface area contributed by atoms with Gasteiger partial charge in [0.2, 0.25) is 5.91 Å². The number of carbonyl (C=O) groups is 1. The average Bonchev–Trinajstić information content (AvgIpc) is 3.28. The van der Waals surface area contributed by atoms with Gasteiger partial charge in [0.05, 0.1) is 17.1 Å². The smallest absolute Gasteiger partial charge is 0.237 e. The van der Waals surface area contributed by atoms with Crippen LogP contribution in [0.25, 0.3) is 17.1 Å². The van der Waals surface area contributed by atoms with Gasteiger partial charge in [0.15, 0.2) is 11.0 Å². The third-order valence-electron chi connectivity index (χ3n) is 5.67. The van der Waals surface area contributed by atoms with Crippen LogP contribution in [0.4, 0.5) is 5.69 Å². The Kier molecular flexibility index (Phi) is 6.20. The van der Waals surface area contributed by atoms with Crippen molar-refractivity contribution >= 4 is 35.1 Å². The Morgan fingerprint density at radius 2 is 1.85 bits per heavy atom. The van der Waals surface area contributed by atoms with E-state index in [1.807, 2.05) is 39.8 Å². The molecule has 0 saturated heterocycles. The van der Waals surface area contributed by atoms with Crippen LogP contribution in [0.15, 0.2) is 77.0 Å². The van der Waals surface area contributed by atoms with Crippen LogP contribution in [-0.2, 0) is 4.79 Å². The van der Waals surface area contributed by atoms with Gasteiger partial charge in [0.1, 0.15) is 0 Å². The van der Waals surface area contributed by atoms with Gasteiger partial charge in [0, 0.05) is 35.2 Å². The first-order valence-electron chi connectivity index (χ1n) is 10.7. The van der Waals surface area contributed by atoms with Crippen molar-refractivity contribution in [1.29, 1.82) is 0 Å². The molecule has 0 spiro atoms. The fourth-order valence-corrected chi connectivity index (χ4v) is 5.60. The van der Waals surface area contributed by atoms with Gasteiger partial charge in [-0.3, -0.25) is 14.3 Å². The quantitative estimate of drug-likeness (QED) is 0.372. The summed E-state index contributed by atoms with van der Waals surface area (Å²) in [6.45, 7) is 4.91. The second-order valence-corrected chi connectivity index (χ2v) is 9.88.